The minimum Gasteiger partial charge on any atom is -0.369 e. The monoisotopic (exact) mass is 435 g/mol. The first kappa shape index (κ1) is 22.0. The molecule has 2 aromatic rings. The van der Waals surface area contributed by atoms with Gasteiger partial charge in [0, 0.05) is 37.9 Å². The minimum absolute atomic E-state index is 0.0260. The Bertz CT molecular complexity index is 963. The van der Waals surface area contributed by atoms with Gasteiger partial charge in [-0.3, -0.25) is 24.3 Å². The van der Waals surface area contributed by atoms with Crippen LogP contribution in [0.25, 0.3) is 0 Å². The molecule has 8 heteroatoms. The summed E-state index contributed by atoms with van der Waals surface area (Å²) in [7, 11) is 0. The van der Waals surface area contributed by atoms with Gasteiger partial charge < -0.3 is 16.0 Å². The van der Waals surface area contributed by atoms with Crippen LogP contribution < -0.4 is 11.1 Å². The SMILES string of the molecule is NC(=O)C1CCCN(Cc2ccc(NC(=O)C3CC(=O)N(Cc4ccccn4)C3)cc2)C1. The predicted molar refractivity (Wildman–Crippen MR) is 120 cm³/mol. The van der Waals surface area contributed by atoms with Crippen LogP contribution in [0.1, 0.15) is 30.5 Å². The highest BCUT2D eigenvalue weighted by atomic mass is 16.2. The van der Waals surface area contributed by atoms with E-state index in [2.05, 4.69) is 15.2 Å². The lowest BCUT2D eigenvalue weighted by Crippen LogP contribution is -2.40. The lowest BCUT2D eigenvalue weighted by atomic mass is 9.97. The zero-order chi connectivity index (χ0) is 22.5. The summed E-state index contributed by atoms with van der Waals surface area (Å²) in [5, 5.41) is 2.93. The number of hydrogen-bond acceptors (Lipinski definition) is 5. The maximum absolute atomic E-state index is 12.7. The molecule has 2 aliphatic rings. The minimum atomic E-state index is -0.370. The quantitative estimate of drug-likeness (QED) is 0.689. The number of nitrogens with two attached hydrogens (primary N) is 1. The molecule has 3 N–H and O–H groups in total. The average Bonchev–Trinajstić information content (AvgIpc) is 3.16. The van der Waals surface area contributed by atoms with E-state index in [-0.39, 0.29) is 36.0 Å². The van der Waals surface area contributed by atoms with Crippen LogP contribution in [0.2, 0.25) is 0 Å². The summed E-state index contributed by atoms with van der Waals surface area (Å²) in [4.78, 5) is 44.7. The second-order valence-electron chi connectivity index (χ2n) is 8.66. The number of primary amides is 1. The molecule has 0 saturated carbocycles. The van der Waals surface area contributed by atoms with E-state index in [0.29, 0.717) is 25.3 Å². The summed E-state index contributed by atoms with van der Waals surface area (Å²) in [6.45, 7) is 3.21. The van der Waals surface area contributed by atoms with E-state index < -0.39 is 0 Å². The van der Waals surface area contributed by atoms with Crippen molar-refractivity contribution in [2.45, 2.75) is 32.4 Å². The third-order valence-electron chi connectivity index (χ3n) is 6.20. The number of benzene rings is 1. The van der Waals surface area contributed by atoms with Crippen LogP contribution in [-0.2, 0) is 27.5 Å². The number of rotatable bonds is 7. The Kier molecular flexibility index (Phi) is 6.80. The van der Waals surface area contributed by atoms with Crippen LogP contribution in [0.3, 0.4) is 0 Å². The van der Waals surface area contributed by atoms with Gasteiger partial charge in [-0.05, 0) is 49.2 Å². The highest BCUT2D eigenvalue weighted by Crippen LogP contribution is 2.23. The van der Waals surface area contributed by atoms with Crippen molar-refractivity contribution in [3.8, 4) is 0 Å². The number of amides is 3. The predicted octanol–water partition coefficient (Wildman–Crippen LogP) is 1.77. The molecule has 0 bridgehead atoms. The van der Waals surface area contributed by atoms with Gasteiger partial charge in [0.2, 0.25) is 17.7 Å². The molecule has 2 aliphatic heterocycles. The van der Waals surface area contributed by atoms with Gasteiger partial charge >= 0.3 is 0 Å². The first-order valence-corrected chi connectivity index (χ1v) is 11.1. The molecular formula is C24H29N5O3. The summed E-state index contributed by atoms with van der Waals surface area (Å²) < 4.78 is 0. The molecule has 3 heterocycles. The Morgan fingerprint density at radius 1 is 1.06 bits per heavy atom. The lowest BCUT2D eigenvalue weighted by molar-refractivity contribution is -0.128. The highest BCUT2D eigenvalue weighted by Gasteiger charge is 2.34. The molecule has 2 atom stereocenters. The normalized spacial score (nSPS) is 21.5. The number of hydrogen-bond donors (Lipinski definition) is 2. The van der Waals surface area contributed by atoms with E-state index in [1.807, 2.05) is 42.5 Å². The van der Waals surface area contributed by atoms with Crippen molar-refractivity contribution < 1.29 is 14.4 Å². The van der Waals surface area contributed by atoms with E-state index >= 15 is 0 Å². The van der Waals surface area contributed by atoms with E-state index in [4.69, 9.17) is 5.73 Å². The van der Waals surface area contributed by atoms with Gasteiger partial charge in [0.15, 0.2) is 0 Å². The molecule has 0 aliphatic carbocycles. The third-order valence-corrected chi connectivity index (χ3v) is 6.20. The molecular weight excluding hydrogens is 406 g/mol. The lowest BCUT2D eigenvalue weighted by Gasteiger charge is -2.31. The fourth-order valence-corrected chi connectivity index (χ4v) is 4.42. The van der Waals surface area contributed by atoms with Gasteiger partial charge in [-0.25, -0.2) is 0 Å². The van der Waals surface area contributed by atoms with Gasteiger partial charge in [-0.2, -0.15) is 0 Å². The maximum Gasteiger partial charge on any atom is 0.229 e. The number of nitrogens with one attached hydrogen (secondary N) is 1. The number of likely N-dealkylation sites (tertiary alicyclic amines) is 2. The van der Waals surface area contributed by atoms with E-state index in [1.54, 1.807) is 11.1 Å². The third kappa shape index (κ3) is 5.50. The van der Waals surface area contributed by atoms with Crippen LogP contribution in [0.15, 0.2) is 48.7 Å². The Morgan fingerprint density at radius 2 is 1.88 bits per heavy atom. The van der Waals surface area contributed by atoms with Crippen LogP contribution in [-0.4, -0.2) is 52.1 Å². The summed E-state index contributed by atoms with van der Waals surface area (Å²) in [6.07, 6.45) is 3.75. The van der Waals surface area contributed by atoms with Crippen LogP contribution in [0, 0.1) is 11.8 Å². The Morgan fingerprint density at radius 3 is 2.59 bits per heavy atom. The smallest absolute Gasteiger partial charge is 0.229 e. The van der Waals surface area contributed by atoms with Crippen molar-refractivity contribution in [3.05, 3.63) is 59.9 Å². The molecule has 1 aromatic carbocycles. The Balaban J connectivity index is 1.28. The largest absolute Gasteiger partial charge is 0.369 e. The van der Waals surface area contributed by atoms with E-state index in [9.17, 15) is 14.4 Å². The molecule has 8 nitrogen and oxygen atoms in total. The summed E-state index contributed by atoms with van der Waals surface area (Å²) in [5.74, 6) is -0.840. The summed E-state index contributed by atoms with van der Waals surface area (Å²) >= 11 is 0. The molecule has 2 saturated heterocycles. The molecule has 0 spiro atoms. The maximum atomic E-state index is 12.7. The fraction of sp³-hybridized carbons (Fsp3) is 0.417. The number of anilines is 1. The van der Waals surface area contributed by atoms with Crippen LogP contribution in [0.4, 0.5) is 5.69 Å². The highest BCUT2D eigenvalue weighted by molar-refractivity contribution is 5.97. The zero-order valence-corrected chi connectivity index (χ0v) is 18.1. The van der Waals surface area contributed by atoms with Gasteiger partial charge in [-0.1, -0.05) is 18.2 Å². The average molecular weight is 436 g/mol. The molecule has 32 heavy (non-hydrogen) atoms. The van der Waals surface area contributed by atoms with Crippen molar-refractivity contribution in [1.82, 2.24) is 14.8 Å². The molecule has 2 unspecified atom stereocenters. The van der Waals surface area contributed by atoms with E-state index in [1.165, 1.54) is 0 Å². The molecule has 2 fully saturated rings. The van der Waals surface area contributed by atoms with Gasteiger partial charge in [0.25, 0.3) is 0 Å². The number of pyridine rings is 1. The number of carbonyl (C=O) groups is 3. The Labute approximate surface area is 187 Å². The second-order valence-corrected chi connectivity index (χ2v) is 8.66. The van der Waals surface area contributed by atoms with Crippen molar-refractivity contribution in [2.24, 2.45) is 17.6 Å². The molecule has 168 valence electrons. The van der Waals surface area contributed by atoms with Gasteiger partial charge in [-0.15, -0.1) is 0 Å². The molecule has 4 rings (SSSR count). The topological polar surface area (TPSA) is 109 Å². The summed E-state index contributed by atoms with van der Waals surface area (Å²) in [5.41, 5.74) is 8.10. The van der Waals surface area contributed by atoms with Crippen molar-refractivity contribution in [3.63, 3.8) is 0 Å². The molecule has 1 aromatic heterocycles. The zero-order valence-electron chi connectivity index (χ0n) is 18.1. The van der Waals surface area contributed by atoms with Crippen LogP contribution >= 0.6 is 0 Å². The first-order valence-electron chi connectivity index (χ1n) is 11.1. The van der Waals surface area contributed by atoms with Crippen molar-refractivity contribution in [2.75, 3.05) is 25.0 Å². The molecule has 3 amide bonds. The number of piperidine rings is 1. The molecule has 0 radical (unpaired) electrons. The standard InChI is InChI=1S/C24H29N5O3/c25-23(31)18-4-3-11-28(14-18)13-17-6-8-20(9-7-17)27-24(32)19-12-22(30)29(15-19)16-21-5-1-2-10-26-21/h1-2,5-10,18-19H,3-4,11-16H2,(H2,25,31)(H,27,32). The number of aromatic nitrogens is 1. The number of carbonyl (C=O) groups excluding carboxylic acids is 3. The van der Waals surface area contributed by atoms with E-state index in [0.717, 1.165) is 37.2 Å². The number of nitrogens with zero attached hydrogens (tertiary/aromatic N) is 3. The Hall–Kier alpha value is -3.26. The van der Waals surface area contributed by atoms with Gasteiger partial charge in [0.05, 0.1) is 24.1 Å². The van der Waals surface area contributed by atoms with Crippen molar-refractivity contribution >= 4 is 23.4 Å². The van der Waals surface area contributed by atoms with Crippen molar-refractivity contribution in [1.29, 1.82) is 0 Å². The first-order chi connectivity index (χ1) is 15.5. The fourth-order valence-electron chi connectivity index (χ4n) is 4.42. The second kappa shape index (κ2) is 9.91. The van der Waals surface area contributed by atoms with Crippen LogP contribution in [0.5, 0.6) is 0 Å². The van der Waals surface area contributed by atoms with Gasteiger partial charge in [0.1, 0.15) is 0 Å². The summed E-state index contributed by atoms with van der Waals surface area (Å²) in [6, 6.07) is 13.3.